The predicted octanol–water partition coefficient (Wildman–Crippen LogP) is 3.53. The van der Waals surface area contributed by atoms with Crippen molar-refractivity contribution in [2.24, 2.45) is 0 Å². The highest BCUT2D eigenvalue weighted by Crippen LogP contribution is 2.28. The number of aromatic nitrogens is 1. The average Bonchev–Trinajstić information content (AvgIpc) is 2.54. The fraction of sp³-hybridized carbons (Fsp3) is 0.118. The number of nitro groups is 1. The number of nitro benzene ring substituents is 1. The maximum atomic E-state index is 12.5. The zero-order chi connectivity index (χ0) is 18.2. The standard InChI is InChI=1S/C17H14N2O5S/c1-11-10-14(8-9-15(11)19(20)21)25(22,23)24-16-5-3-4-13-7-6-12(2)18-17(13)16/h3-10H,1-2H3. The van der Waals surface area contributed by atoms with Crippen LogP contribution in [0.25, 0.3) is 10.9 Å². The zero-order valence-corrected chi connectivity index (χ0v) is 14.3. The second-order valence-electron chi connectivity index (χ2n) is 5.52. The van der Waals surface area contributed by atoms with Gasteiger partial charge in [0.05, 0.1) is 4.92 Å². The first-order valence-corrected chi connectivity index (χ1v) is 8.75. The van der Waals surface area contributed by atoms with E-state index in [-0.39, 0.29) is 21.9 Å². The molecule has 0 spiro atoms. The largest absolute Gasteiger partial charge is 0.377 e. The first-order chi connectivity index (χ1) is 11.8. The second-order valence-corrected chi connectivity index (χ2v) is 7.07. The summed E-state index contributed by atoms with van der Waals surface area (Å²) in [7, 11) is -4.15. The number of nitrogens with zero attached hydrogens (tertiary/aromatic N) is 2. The molecular formula is C17H14N2O5S. The SMILES string of the molecule is Cc1ccc2cccc(OS(=O)(=O)c3ccc([N+](=O)[O-])c(C)c3)c2n1. The monoisotopic (exact) mass is 358 g/mol. The van der Waals surface area contributed by atoms with Gasteiger partial charge in [0.25, 0.3) is 5.69 Å². The molecule has 0 radical (unpaired) electrons. The summed E-state index contributed by atoms with van der Waals surface area (Å²) in [6.45, 7) is 3.27. The Kier molecular flexibility index (Phi) is 4.13. The van der Waals surface area contributed by atoms with Gasteiger partial charge < -0.3 is 4.18 Å². The highest BCUT2D eigenvalue weighted by molar-refractivity contribution is 7.87. The quantitative estimate of drug-likeness (QED) is 0.402. The van der Waals surface area contributed by atoms with E-state index in [4.69, 9.17) is 4.18 Å². The molecule has 1 heterocycles. The molecule has 0 aliphatic heterocycles. The van der Waals surface area contributed by atoms with Crippen molar-refractivity contribution in [3.63, 3.8) is 0 Å². The third-order valence-electron chi connectivity index (χ3n) is 3.68. The number of aryl methyl sites for hydroxylation is 2. The lowest BCUT2D eigenvalue weighted by atomic mass is 10.2. The van der Waals surface area contributed by atoms with E-state index >= 15 is 0 Å². The molecule has 3 aromatic rings. The van der Waals surface area contributed by atoms with Gasteiger partial charge in [-0.2, -0.15) is 8.42 Å². The molecule has 0 aliphatic rings. The third kappa shape index (κ3) is 3.29. The Morgan fingerprint density at radius 3 is 2.52 bits per heavy atom. The van der Waals surface area contributed by atoms with Gasteiger partial charge in [0.2, 0.25) is 0 Å². The van der Waals surface area contributed by atoms with Gasteiger partial charge in [-0.3, -0.25) is 10.1 Å². The summed E-state index contributed by atoms with van der Waals surface area (Å²) in [5.41, 5.74) is 1.25. The number of hydrogen-bond acceptors (Lipinski definition) is 6. The minimum atomic E-state index is -4.15. The molecule has 1 aromatic heterocycles. The van der Waals surface area contributed by atoms with Crippen LogP contribution in [0.2, 0.25) is 0 Å². The van der Waals surface area contributed by atoms with Crippen molar-refractivity contribution in [1.29, 1.82) is 0 Å². The molecule has 2 aromatic carbocycles. The summed E-state index contributed by atoms with van der Waals surface area (Å²) in [5, 5.41) is 11.6. The summed E-state index contributed by atoms with van der Waals surface area (Å²) in [6.07, 6.45) is 0. The molecule has 0 atom stereocenters. The Morgan fingerprint density at radius 1 is 1.08 bits per heavy atom. The maximum absolute atomic E-state index is 12.5. The third-order valence-corrected chi connectivity index (χ3v) is 4.91. The van der Waals surface area contributed by atoms with Gasteiger partial charge in [-0.15, -0.1) is 0 Å². The second kappa shape index (κ2) is 6.14. The van der Waals surface area contributed by atoms with Crippen LogP contribution in [0.3, 0.4) is 0 Å². The molecule has 0 saturated carbocycles. The number of hydrogen-bond donors (Lipinski definition) is 0. The lowest BCUT2D eigenvalue weighted by Crippen LogP contribution is -2.11. The molecule has 0 saturated heterocycles. The van der Waals surface area contributed by atoms with Crippen LogP contribution in [0, 0.1) is 24.0 Å². The summed E-state index contributed by atoms with van der Waals surface area (Å²) < 4.78 is 30.3. The molecule has 8 heteroatoms. The van der Waals surface area contributed by atoms with Crippen LogP contribution in [-0.4, -0.2) is 18.3 Å². The van der Waals surface area contributed by atoms with Crippen LogP contribution in [0.5, 0.6) is 5.75 Å². The fourth-order valence-corrected chi connectivity index (χ4v) is 3.46. The van der Waals surface area contributed by atoms with Crippen molar-refractivity contribution in [2.45, 2.75) is 18.7 Å². The van der Waals surface area contributed by atoms with E-state index < -0.39 is 15.0 Å². The van der Waals surface area contributed by atoms with Crippen molar-refractivity contribution < 1.29 is 17.5 Å². The molecule has 7 nitrogen and oxygen atoms in total. The number of para-hydroxylation sites is 1. The summed E-state index contributed by atoms with van der Waals surface area (Å²) >= 11 is 0. The molecule has 0 unspecified atom stereocenters. The van der Waals surface area contributed by atoms with Gasteiger partial charge in [-0.25, -0.2) is 4.98 Å². The van der Waals surface area contributed by atoms with Crippen LogP contribution >= 0.6 is 0 Å². The lowest BCUT2D eigenvalue weighted by Gasteiger charge is -2.10. The first-order valence-electron chi connectivity index (χ1n) is 7.34. The van der Waals surface area contributed by atoms with E-state index in [1.54, 1.807) is 19.1 Å². The normalized spacial score (nSPS) is 11.4. The van der Waals surface area contributed by atoms with Gasteiger partial charge in [0, 0.05) is 22.7 Å². The smallest absolute Gasteiger partial charge is 0.339 e. The van der Waals surface area contributed by atoms with E-state index in [9.17, 15) is 18.5 Å². The molecular weight excluding hydrogens is 344 g/mol. The molecule has 0 amide bonds. The Morgan fingerprint density at radius 2 is 1.84 bits per heavy atom. The van der Waals surface area contributed by atoms with E-state index in [2.05, 4.69) is 4.98 Å². The fourth-order valence-electron chi connectivity index (χ4n) is 2.44. The minimum absolute atomic E-state index is 0.109. The molecule has 0 bridgehead atoms. The Hall–Kier alpha value is -3.00. The number of benzene rings is 2. The van der Waals surface area contributed by atoms with Crippen molar-refractivity contribution >= 4 is 26.7 Å². The van der Waals surface area contributed by atoms with Crippen LogP contribution in [0.1, 0.15) is 11.3 Å². The Labute approximate surface area is 144 Å². The number of pyridine rings is 1. The number of fused-ring (bicyclic) bond motifs is 1. The van der Waals surface area contributed by atoms with E-state index in [0.29, 0.717) is 5.52 Å². The molecule has 0 aliphatic carbocycles. The highest BCUT2D eigenvalue weighted by atomic mass is 32.2. The average molecular weight is 358 g/mol. The first kappa shape index (κ1) is 16.8. The molecule has 25 heavy (non-hydrogen) atoms. The highest BCUT2D eigenvalue weighted by Gasteiger charge is 2.21. The maximum Gasteiger partial charge on any atom is 0.339 e. The predicted molar refractivity (Wildman–Crippen MR) is 92.1 cm³/mol. The summed E-state index contributed by atoms with van der Waals surface area (Å²) in [5.74, 6) is 0.109. The molecule has 128 valence electrons. The van der Waals surface area contributed by atoms with E-state index in [1.807, 2.05) is 12.1 Å². The van der Waals surface area contributed by atoms with Crippen LogP contribution in [0.4, 0.5) is 5.69 Å². The molecule has 0 N–H and O–H groups in total. The van der Waals surface area contributed by atoms with Gasteiger partial charge in [-0.05, 0) is 38.1 Å². The topological polar surface area (TPSA) is 99.4 Å². The molecule has 3 rings (SSSR count). The Balaban J connectivity index is 2.04. The van der Waals surface area contributed by atoms with Crippen LogP contribution in [-0.2, 0) is 10.1 Å². The van der Waals surface area contributed by atoms with Gasteiger partial charge in [0.1, 0.15) is 10.4 Å². The van der Waals surface area contributed by atoms with E-state index in [1.165, 1.54) is 19.1 Å². The van der Waals surface area contributed by atoms with Crippen LogP contribution < -0.4 is 4.18 Å². The van der Waals surface area contributed by atoms with Crippen LogP contribution in [0.15, 0.2) is 53.4 Å². The van der Waals surface area contributed by atoms with Gasteiger partial charge in [-0.1, -0.05) is 18.2 Å². The van der Waals surface area contributed by atoms with Crippen molar-refractivity contribution in [3.8, 4) is 5.75 Å². The van der Waals surface area contributed by atoms with Gasteiger partial charge >= 0.3 is 10.1 Å². The number of rotatable bonds is 4. The summed E-state index contributed by atoms with van der Waals surface area (Å²) in [4.78, 5) is 14.5. The minimum Gasteiger partial charge on any atom is -0.377 e. The summed E-state index contributed by atoms with van der Waals surface area (Å²) in [6, 6.07) is 12.2. The van der Waals surface area contributed by atoms with Crippen molar-refractivity contribution in [2.75, 3.05) is 0 Å². The van der Waals surface area contributed by atoms with Crippen molar-refractivity contribution in [3.05, 3.63) is 69.9 Å². The van der Waals surface area contributed by atoms with Gasteiger partial charge in [0.15, 0.2) is 5.75 Å². The zero-order valence-electron chi connectivity index (χ0n) is 13.5. The van der Waals surface area contributed by atoms with E-state index in [0.717, 1.165) is 23.2 Å². The lowest BCUT2D eigenvalue weighted by molar-refractivity contribution is -0.385. The molecule has 0 fully saturated rings. The Bertz CT molecular complexity index is 1090. The van der Waals surface area contributed by atoms with Crippen molar-refractivity contribution in [1.82, 2.24) is 4.98 Å².